The molecule has 1 aliphatic heterocycles. The minimum atomic E-state index is -0.318. The highest BCUT2D eigenvalue weighted by Crippen LogP contribution is 2.36. The van der Waals surface area contributed by atoms with E-state index in [1.807, 2.05) is 24.3 Å². The zero-order valence-corrected chi connectivity index (χ0v) is 12.0. The molecule has 0 amide bonds. The number of rotatable bonds is 4. The van der Waals surface area contributed by atoms with E-state index in [1.165, 1.54) is 5.56 Å². The second kappa shape index (κ2) is 5.56. The van der Waals surface area contributed by atoms with Gasteiger partial charge in [0.2, 0.25) is 0 Å². The van der Waals surface area contributed by atoms with E-state index in [-0.39, 0.29) is 10.6 Å². The minimum Gasteiger partial charge on any atom is -0.364 e. The third kappa shape index (κ3) is 2.61. The Morgan fingerprint density at radius 3 is 2.67 bits per heavy atom. The number of fused-ring (bicyclic) bond motifs is 1. The Kier molecular flexibility index (Phi) is 3.60. The van der Waals surface area contributed by atoms with Crippen LogP contribution in [-0.4, -0.2) is 11.0 Å². The molecule has 0 saturated heterocycles. The van der Waals surface area contributed by atoms with E-state index in [1.54, 1.807) is 12.1 Å². The van der Waals surface area contributed by atoms with Crippen LogP contribution in [0.15, 0.2) is 48.5 Å². The maximum atomic E-state index is 10.9. The van der Waals surface area contributed by atoms with Gasteiger partial charge in [0, 0.05) is 30.4 Å². The topological polar surface area (TPSA) is 46.4 Å². The predicted octanol–water partition coefficient (Wildman–Crippen LogP) is 3.94. The first-order valence-corrected chi connectivity index (χ1v) is 7.27. The van der Waals surface area contributed by atoms with Crippen molar-refractivity contribution in [2.45, 2.75) is 32.4 Å². The second-order valence-corrected chi connectivity index (χ2v) is 5.45. The summed E-state index contributed by atoms with van der Waals surface area (Å²) in [6.07, 6.45) is 1.93. The van der Waals surface area contributed by atoms with Gasteiger partial charge in [-0.1, -0.05) is 37.3 Å². The smallest absolute Gasteiger partial charge is 0.269 e. The third-order valence-corrected chi connectivity index (χ3v) is 4.15. The summed E-state index contributed by atoms with van der Waals surface area (Å²) >= 11 is 0. The zero-order chi connectivity index (χ0) is 14.8. The number of non-ortho nitro benzene ring substituents is 1. The molecule has 0 radical (unpaired) electrons. The van der Waals surface area contributed by atoms with E-state index in [0.29, 0.717) is 6.04 Å². The van der Waals surface area contributed by atoms with Gasteiger partial charge in [-0.15, -0.1) is 0 Å². The van der Waals surface area contributed by atoms with Crippen molar-refractivity contribution in [2.75, 3.05) is 4.90 Å². The van der Waals surface area contributed by atoms with Gasteiger partial charge in [-0.2, -0.15) is 0 Å². The zero-order valence-electron chi connectivity index (χ0n) is 12.0. The molecule has 1 atom stereocenters. The van der Waals surface area contributed by atoms with Crippen LogP contribution < -0.4 is 4.90 Å². The summed E-state index contributed by atoms with van der Waals surface area (Å²) in [7, 11) is 0. The highest BCUT2D eigenvalue weighted by Gasteiger charge is 2.29. The molecule has 3 rings (SSSR count). The van der Waals surface area contributed by atoms with Crippen LogP contribution in [-0.2, 0) is 13.0 Å². The molecular weight excluding hydrogens is 264 g/mol. The summed E-state index contributed by atoms with van der Waals surface area (Å²) in [5, 5.41) is 10.9. The van der Waals surface area contributed by atoms with Gasteiger partial charge in [0.1, 0.15) is 0 Å². The Hall–Kier alpha value is -2.36. The molecule has 0 aromatic heterocycles. The normalized spacial score (nSPS) is 16.8. The van der Waals surface area contributed by atoms with Crippen molar-refractivity contribution in [3.05, 3.63) is 69.8 Å². The largest absolute Gasteiger partial charge is 0.364 e. The van der Waals surface area contributed by atoms with Gasteiger partial charge in [0.05, 0.1) is 4.92 Å². The molecule has 2 aromatic rings. The van der Waals surface area contributed by atoms with Crippen molar-refractivity contribution >= 4 is 11.4 Å². The number of nitro benzene ring substituents is 1. The Morgan fingerprint density at radius 1 is 1.24 bits per heavy atom. The monoisotopic (exact) mass is 282 g/mol. The number of benzene rings is 2. The quantitative estimate of drug-likeness (QED) is 0.630. The summed E-state index contributed by atoms with van der Waals surface area (Å²) in [5.74, 6) is 0. The van der Waals surface area contributed by atoms with E-state index in [2.05, 4.69) is 24.0 Å². The summed E-state index contributed by atoms with van der Waals surface area (Å²) in [6.45, 7) is 3.02. The fraction of sp³-hybridized carbons (Fsp3) is 0.294. The Labute approximate surface area is 124 Å². The van der Waals surface area contributed by atoms with Gasteiger partial charge >= 0.3 is 0 Å². The molecule has 108 valence electrons. The Bertz CT molecular complexity index is 655. The van der Waals surface area contributed by atoms with Crippen molar-refractivity contribution in [1.82, 2.24) is 0 Å². The van der Waals surface area contributed by atoms with Gasteiger partial charge in [0.15, 0.2) is 0 Å². The first-order chi connectivity index (χ1) is 10.2. The fourth-order valence-electron chi connectivity index (χ4n) is 3.05. The lowest BCUT2D eigenvalue weighted by Gasteiger charge is -2.27. The highest BCUT2D eigenvalue weighted by molar-refractivity contribution is 5.63. The van der Waals surface area contributed by atoms with Crippen molar-refractivity contribution in [2.24, 2.45) is 0 Å². The van der Waals surface area contributed by atoms with Crippen LogP contribution in [0, 0.1) is 10.1 Å². The summed E-state index contributed by atoms with van der Waals surface area (Å²) in [5.41, 5.74) is 3.68. The van der Waals surface area contributed by atoms with Crippen molar-refractivity contribution < 1.29 is 4.92 Å². The van der Waals surface area contributed by atoms with E-state index in [9.17, 15) is 10.1 Å². The van der Waals surface area contributed by atoms with Crippen LogP contribution in [0.4, 0.5) is 11.4 Å². The molecule has 1 aliphatic rings. The van der Waals surface area contributed by atoms with Crippen molar-refractivity contribution in [1.29, 1.82) is 0 Å². The molecule has 0 saturated carbocycles. The average Bonchev–Trinajstić information content (AvgIpc) is 2.85. The predicted molar refractivity (Wildman–Crippen MR) is 83.5 cm³/mol. The molecule has 0 aliphatic carbocycles. The van der Waals surface area contributed by atoms with Crippen LogP contribution >= 0.6 is 0 Å². The number of hydrogen-bond donors (Lipinski definition) is 0. The van der Waals surface area contributed by atoms with Gasteiger partial charge in [-0.25, -0.2) is 0 Å². The average molecular weight is 282 g/mol. The van der Waals surface area contributed by atoms with E-state index in [0.717, 1.165) is 30.6 Å². The molecule has 0 fully saturated rings. The lowest BCUT2D eigenvalue weighted by molar-refractivity contribution is -0.384. The van der Waals surface area contributed by atoms with Crippen LogP contribution in [0.2, 0.25) is 0 Å². The molecule has 2 aromatic carbocycles. The highest BCUT2D eigenvalue weighted by atomic mass is 16.6. The first kappa shape index (κ1) is 13.6. The summed E-state index contributed by atoms with van der Waals surface area (Å²) in [4.78, 5) is 13.0. The minimum absolute atomic E-state index is 0.185. The van der Waals surface area contributed by atoms with Gasteiger partial charge < -0.3 is 4.90 Å². The van der Waals surface area contributed by atoms with Gasteiger partial charge in [-0.05, 0) is 30.0 Å². The number of nitro groups is 1. The maximum absolute atomic E-state index is 10.9. The lowest BCUT2D eigenvalue weighted by Crippen LogP contribution is -2.30. The molecule has 1 unspecified atom stereocenters. The SMILES string of the molecule is CCC1Cc2cc([N+](=O)[O-])ccc2N1Cc1ccccc1. The molecule has 4 heteroatoms. The van der Waals surface area contributed by atoms with Gasteiger partial charge in [0.25, 0.3) is 5.69 Å². The number of anilines is 1. The molecule has 0 N–H and O–H groups in total. The maximum Gasteiger partial charge on any atom is 0.269 e. The van der Waals surface area contributed by atoms with Crippen LogP contribution in [0.1, 0.15) is 24.5 Å². The first-order valence-electron chi connectivity index (χ1n) is 7.27. The molecule has 21 heavy (non-hydrogen) atoms. The second-order valence-electron chi connectivity index (χ2n) is 5.45. The lowest BCUT2D eigenvalue weighted by atomic mass is 10.1. The Balaban J connectivity index is 1.92. The van der Waals surface area contributed by atoms with Crippen LogP contribution in [0.25, 0.3) is 0 Å². The van der Waals surface area contributed by atoms with E-state index >= 15 is 0 Å². The summed E-state index contributed by atoms with van der Waals surface area (Å²) in [6, 6.07) is 16.0. The van der Waals surface area contributed by atoms with Crippen LogP contribution in [0.5, 0.6) is 0 Å². The van der Waals surface area contributed by atoms with Crippen molar-refractivity contribution in [3.63, 3.8) is 0 Å². The number of nitrogens with zero attached hydrogens (tertiary/aromatic N) is 2. The van der Waals surface area contributed by atoms with Crippen LogP contribution in [0.3, 0.4) is 0 Å². The third-order valence-electron chi connectivity index (χ3n) is 4.15. The summed E-state index contributed by atoms with van der Waals surface area (Å²) < 4.78 is 0. The Morgan fingerprint density at radius 2 is 2.00 bits per heavy atom. The molecule has 0 spiro atoms. The fourth-order valence-corrected chi connectivity index (χ4v) is 3.05. The van der Waals surface area contributed by atoms with E-state index < -0.39 is 0 Å². The molecular formula is C17H18N2O2. The molecule has 4 nitrogen and oxygen atoms in total. The molecule has 0 bridgehead atoms. The van der Waals surface area contributed by atoms with E-state index in [4.69, 9.17) is 0 Å². The number of hydrogen-bond acceptors (Lipinski definition) is 3. The molecule has 1 heterocycles. The van der Waals surface area contributed by atoms with Gasteiger partial charge in [-0.3, -0.25) is 10.1 Å². The standard InChI is InChI=1S/C17H18N2O2/c1-2-15-10-14-11-16(19(20)21)8-9-17(14)18(15)12-13-6-4-3-5-7-13/h3-9,11,15H,2,10,12H2,1H3. The van der Waals surface area contributed by atoms with Crippen molar-refractivity contribution in [3.8, 4) is 0 Å².